The maximum Gasteiger partial charge on any atom is 0.303 e. The Balaban J connectivity index is 2.17. The molecule has 8 heteroatoms. The fourth-order valence-corrected chi connectivity index (χ4v) is 2.88. The van der Waals surface area contributed by atoms with E-state index < -0.39 is 11.5 Å². The van der Waals surface area contributed by atoms with E-state index in [1.807, 2.05) is 26.8 Å². The molecule has 0 aliphatic heterocycles. The Bertz CT molecular complexity index is 734. The standard InChI is InChI=1S/C18H26FN5O2/c1-13(2)24-17(21-22-23-24)18(3,10-5-4-9-16(25)26)20-12-14-7-6-8-15(19)11-14/h6-8,11,13,20H,4-5,9-10,12H2,1-3H3,(H,25,26). The summed E-state index contributed by atoms with van der Waals surface area (Å²) in [6.45, 7) is 6.45. The van der Waals surface area contributed by atoms with Crippen LogP contribution in [-0.2, 0) is 16.9 Å². The summed E-state index contributed by atoms with van der Waals surface area (Å²) in [7, 11) is 0. The predicted octanol–water partition coefficient (Wildman–Crippen LogP) is 3.04. The van der Waals surface area contributed by atoms with Gasteiger partial charge < -0.3 is 10.4 Å². The molecule has 1 unspecified atom stereocenters. The number of halogens is 1. The molecule has 7 nitrogen and oxygen atoms in total. The molecule has 1 aromatic heterocycles. The van der Waals surface area contributed by atoms with Crippen molar-refractivity contribution in [2.75, 3.05) is 0 Å². The molecule has 26 heavy (non-hydrogen) atoms. The minimum atomic E-state index is -0.800. The number of benzene rings is 1. The highest BCUT2D eigenvalue weighted by Crippen LogP contribution is 2.27. The second kappa shape index (κ2) is 8.84. The van der Waals surface area contributed by atoms with Gasteiger partial charge in [-0.15, -0.1) is 5.10 Å². The number of aromatic nitrogens is 4. The lowest BCUT2D eigenvalue weighted by atomic mass is 9.92. The van der Waals surface area contributed by atoms with Crippen LogP contribution in [0, 0.1) is 5.82 Å². The molecule has 0 radical (unpaired) electrons. The second-order valence-electron chi connectivity index (χ2n) is 6.96. The van der Waals surface area contributed by atoms with E-state index in [-0.39, 0.29) is 18.3 Å². The van der Waals surface area contributed by atoms with E-state index in [1.54, 1.807) is 10.7 Å². The smallest absolute Gasteiger partial charge is 0.303 e. The number of carboxylic acids is 1. The second-order valence-corrected chi connectivity index (χ2v) is 6.96. The fourth-order valence-electron chi connectivity index (χ4n) is 2.88. The largest absolute Gasteiger partial charge is 0.481 e. The Morgan fingerprint density at radius 2 is 2.15 bits per heavy atom. The van der Waals surface area contributed by atoms with Gasteiger partial charge in [-0.3, -0.25) is 4.79 Å². The van der Waals surface area contributed by atoms with Gasteiger partial charge in [0.1, 0.15) is 5.82 Å². The number of tetrazole rings is 1. The Morgan fingerprint density at radius 1 is 1.38 bits per heavy atom. The number of aliphatic carboxylic acids is 1. The van der Waals surface area contributed by atoms with E-state index in [9.17, 15) is 9.18 Å². The topological polar surface area (TPSA) is 92.9 Å². The summed E-state index contributed by atoms with van der Waals surface area (Å²) in [5, 5.41) is 24.4. The van der Waals surface area contributed by atoms with Crippen LogP contribution in [0.15, 0.2) is 24.3 Å². The zero-order valence-electron chi connectivity index (χ0n) is 15.4. The lowest BCUT2D eigenvalue weighted by Gasteiger charge is -2.30. The minimum Gasteiger partial charge on any atom is -0.481 e. The third-order valence-corrected chi connectivity index (χ3v) is 4.36. The summed E-state index contributed by atoms with van der Waals surface area (Å²) < 4.78 is 15.2. The Morgan fingerprint density at radius 3 is 2.81 bits per heavy atom. The fraction of sp³-hybridized carbons (Fsp3) is 0.556. The number of unbranched alkanes of at least 4 members (excludes halogenated alkanes) is 1. The van der Waals surface area contributed by atoms with Gasteiger partial charge in [0.2, 0.25) is 0 Å². The van der Waals surface area contributed by atoms with Crippen molar-refractivity contribution in [2.24, 2.45) is 0 Å². The van der Waals surface area contributed by atoms with Crippen molar-refractivity contribution in [1.82, 2.24) is 25.5 Å². The first kappa shape index (κ1) is 20.0. The molecule has 0 spiro atoms. The van der Waals surface area contributed by atoms with Crippen molar-refractivity contribution in [3.8, 4) is 0 Å². The molecule has 1 atom stereocenters. The van der Waals surface area contributed by atoms with Crippen LogP contribution in [0.1, 0.15) is 63.9 Å². The van der Waals surface area contributed by atoms with Crippen LogP contribution in [0.25, 0.3) is 0 Å². The van der Waals surface area contributed by atoms with Gasteiger partial charge in [-0.1, -0.05) is 18.6 Å². The van der Waals surface area contributed by atoms with E-state index in [2.05, 4.69) is 20.8 Å². The van der Waals surface area contributed by atoms with Crippen molar-refractivity contribution in [2.45, 2.75) is 64.6 Å². The molecule has 1 heterocycles. The summed E-state index contributed by atoms with van der Waals surface area (Å²) in [5.41, 5.74) is 0.267. The molecule has 0 aliphatic carbocycles. The zero-order valence-corrected chi connectivity index (χ0v) is 15.4. The van der Waals surface area contributed by atoms with Crippen LogP contribution in [0.3, 0.4) is 0 Å². The highest BCUT2D eigenvalue weighted by atomic mass is 19.1. The summed E-state index contributed by atoms with van der Waals surface area (Å²) >= 11 is 0. The number of carbonyl (C=O) groups is 1. The molecule has 0 amide bonds. The molecule has 0 fully saturated rings. The molecule has 0 saturated heterocycles. The Hall–Kier alpha value is -2.35. The van der Waals surface area contributed by atoms with Crippen LogP contribution < -0.4 is 5.32 Å². The lowest BCUT2D eigenvalue weighted by molar-refractivity contribution is -0.137. The summed E-state index contributed by atoms with van der Waals surface area (Å²) in [6, 6.07) is 6.52. The van der Waals surface area contributed by atoms with Crippen LogP contribution >= 0.6 is 0 Å². The first-order valence-corrected chi connectivity index (χ1v) is 8.81. The van der Waals surface area contributed by atoms with Crippen molar-refractivity contribution in [1.29, 1.82) is 0 Å². The molecule has 1 aromatic carbocycles. The van der Waals surface area contributed by atoms with E-state index >= 15 is 0 Å². The molecule has 0 bridgehead atoms. The van der Waals surface area contributed by atoms with Crippen molar-refractivity contribution < 1.29 is 14.3 Å². The quantitative estimate of drug-likeness (QED) is 0.630. The van der Waals surface area contributed by atoms with Gasteiger partial charge in [0.25, 0.3) is 0 Å². The normalized spacial score (nSPS) is 13.7. The molecular formula is C18H26FN5O2. The Labute approximate surface area is 152 Å². The van der Waals surface area contributed by atoms with Crippen molar-refractivity contribution >= 4 is 5.97 Å². The van der Waals surface area contributed by atoms with Gasteiger partial charge in [-0.2, -0.15) is 0 Å². The molecule has 2 rings (SSSR count). The van der Waals surface area contributed by atoms with E-state index in [4.69, 9.17) is 5.11 Å². The van der Waals surface area contributed by atoms with Gasteiger partial charge in [0.15, 0.2) is 5.82 Å². The number of nitrogens with one attached hydrogen (secondary N) is 1. The third-order valence-electron chi connectivity index (χ3n) is 4.36. The highest BCUT2D eigenvalue weighted by molar-refractivity contribution is 5.66. The summed E-state index contributed by atoms with van der Waals surface area (Å²) in [5.74, 6) is -0.384. The predicted molar refractivity (Wildman–Crippen MR) is 94.9 cm³/mol. The molecule has 0 aliphatic rings. The van der Waals surface area contributed by atoms with Crippen LogP contribution in [0.5, 0.6) is 0 Å². The minimum absolute atomic E-state index is 0.0920. The number of hydrogen-bond acceptors (Lipinski definition) is 5. The third kappa shape index (κ3) is 5.32. The zero-order chi connectivity index (χ0) is 19.2. The number of carboxylic acid groups (broad SMARTS) is 1. The SMILES string of the molecule is CC(C)n1nnnc1C(C)(CCCCC(=O)O)NCc1cccc(F)c1. The van der Waals surface area contributed by atoms with Gasteiger partial charge >= 0.3 is 5.97 Å². The molecule has 0 saturated carbocycles. The maximum atomic E-state index is 13.4. The average Bonchev–Trinajstić information content (AvgIpc) is 3.08. The van der Waals surface area contributed by atoms with Crippen LogP contribution in [-0.4, -0.2) is 31.3 Å². The van der Waals surface area contributed by atoms with E-state index in [0.717, 1.165) is 5.56 Å². The highest BCUT2D eigenvalue weighted by Gasteiger charge is 2.32. The molecule has 2 N–H and O–H groups in total. The van der Waals surface area contributed by atoms with Gasteiger partial charge in [0, 0.05) is 13.0 Å². The number of hydrogen-bond donors (Lipinski definition) is 2. The average molecular weight is 363 g/mol. The molecular weight excluding hydrogens is 337 g/mol. The Kier molecular flexibility index (Phi) is 6.79. The monoisotopic (exact) mass is 363 g/mol. The first-order chi connectivity index (χ1) is 12.3. The van der Waals surface area contributed by atoms with Gasteiger partial charge in [0.05, 0.1) is 11.6 Å². The van der Waals surface area contributed by atoms with Gasteiger partial charge in [-0.25, -0.2) is 9.07 Å². The van der Waals surface area contributed by atoms with E-state index in [0.29, 0.717) is 31.6 Å². The number of rotatable bonds is 10. The van der Waals surface area contributed by atoms with Gasteiger partial charge in [-0.05, 0) is 61.7 Å². The van der Waals surface area contributed by atoms with Crippen LogP contribution in [0.4, 0.5) is 4.39 Å². The van der Waals surface area contributed by atoms with Crippen molar-refractivity contribution in [3.05, 3.63) is 41.5 Å². The van der Waals surface area contributed by atoms with Crippen LogP contribution in [0.2, 0.25) is 0 Å². The molecule has 2 aromatic rings. The number of nitrogens with zero attached hydrogens (tertiary/aromatic N) is 4. The maximum absolute atomic E-state index is 13.4. The summed E-state index contributed by atoms with van der Waals surface area (Å²) in [4.78, 5) is 10.8. The summed E-state index contributed by atoms with van der Waals surface area (Å²) in [6.07, 6.45) is 2.09. The lowest BCUT2D eigenvalue weighted by Crippen LogP contribution is -2.42. The first-order valence-electron chi connectivity index (χ1n) is 8.81. The van der Waals surface area contributed by atoms with Crippen molar-refractivity contribution in [3.63, 3.8) is 0 Å². The molecule has 142 valence electrons. The van der Waals surface area contributed by atoms with E-state index in [1.165, 1.54) is 12.1 Å².